The lowest BCUT2D eigenvalue weighted by molar-refractivity contribution is -0.143. The molecule has 0 saturated heterocycles. The summed E-state index contributed by atoms with van der Waals surface area (Å²) in [5.41, 5.74) is 1.27. The zero-order valence-corrected chi connectivity index (χ0v) is 14.7. The number of carboxylic acids is 1. The SMILES string of the molecule is COc1ccc(C)cc1CC(=O)NCC(C)(C(=O)O)c1ccccc1. The van der Waals surface area contributed by atoms with E-state index < -0.39 is 11.4 Å². The largest absolute Gasteiger partial charge is 0.496 e. The fraction of sp³-hybridized carbons (Fsp3) is 0.300. The second-order valence-corrected chi connectivity index (χ2v) is 6.27. The van der Waals surface area contributed by atoms with Crippen molar-refractivity contribution in [3.05, 3.63) is 65.2 Å². The van der Waals surface area contributed by atoms with Crippen molar-refractivity contribution in [3.63, 3.8) is 0 Å². The summed E-state index contributed by atoms with van der Waals surface area (Å²) >= 11 is 0. The number of hydrogen-bond acceptors (Lipinski definition) is 3. The Morgan fingerprint density at radius 1 is 1.16 bits per heavy atom. The summed E-state index contributed by atoms with van der Waals surface area (Å²) in [7, 11) is 1.56. The number of benzene rings is 2. The molecule has 2 aromatic carbocycles. The number of methoxy groups -OCH3 is 1. The number of carboxylic acid groups (broad SMARTS) is 1. The molecule has 1 amide bonds. The number of aliphatic carboxylic acids is 1. The molecule has 5 nitrogen and oxygen atoms in total. The average molecular weight is 341 g/mol. The Kier molecular flexibility index (Phi) is 5.80. The molecule has 0 aliphatic rings. The number of rotatable bonds is 7. The lowest BCUT2D eigenvalue weighted by atomic mass is 9.82. The first kappa shape index (κ1) is 18.5. The van der Waals surface area contributed by atoms with Crippen molar-refractivity contribution >= 4 is 11.9 Å². The standard InChI is InChI=1S/C20H23NO4/c1-14-9-10-17(25-3)15(11-14)12-18(22)21-13-20(2,19(23)24)16-7-5-4-6-8-16/h4-11H,12-13H2,1-3H3,(H,21,22)(H,23,24). The van der Waals surface area contributed by atoms with Gasteiger partial charge in [-0.05, 0) is 25.5 Å². The van der Waals surface area contributed by atoms with Crippen LogP contribution >= 0.6 is 0 Å². The van der Waals surface area contributed by atoms with Crippen molar-refractivity contribution in [2.45, 2.75) is 25.7 Å². The first-order valence-electron chi connectivity index (χ1n) is 8.06. The van der Waals surface area contributed by atoms with E-state index in [0.29, 0.717) is 11.3 Å². The minimum atomic E-state index is -1.19. The maximum Gasteiger partial charge on any atom is 0.315 e. The molecule has 0 spiro atoms. The second-order valence-electron chi connectivity index (χ2n) is 6.27. The van der Waals surface area contributed by atoms with Crippen LogP contribution in [0.15, 0.2) is 48.5 Å². The smallest absolute Gasteiger partial charge is 0.315 e. The van der Waals surface area contributed by atoms with E-state index in [1.165, 1.54) is 0 Å². The van der Waals surface area contributed by atoms with Gasteiger partial charge in [0.25, 0.3) is 0 Å². The van der Waals surface area contributed by atoms with Gasteiger partial charge in [0, 0.05) is 12.1 Å². The van der Waals surface area contributed by atoms with Crippen LogP contribution in [0.1, 0.15) is 23.6 Å². The summed E-state index contributed by atoms with van der Waals surface area (Å²) in [4.78, 5) is 24.1. The molecule has 0 heterocycles. The Labute approximate surface area is 147 Å². The third-order valence-electron chi connectivity index (χ3n) is 4.31. The Hall–Kier alpha value is -2.82. The summed E-state index contributed by atoms with van der Waals surface area (Å²) in [6.45, 7) is 3.56. The predicted molar refractivity (Wildman–Crippen MR) is 95.9 cm³/mol. The first-order valence-corrected chi connectivity index (χ1v) is 8.06. The number of aryl methyl sites for hydroxylation is 1. The Morgan fingerprint density at radius 2 is 1.84 bits per heavy atom. The van der Waals surface area contributed by atoms with Crippen LogP contribution in [0.5, 0.6) is 5.75 Å². The fourth-order valence-corrected chi connectivity index (χ4v) is 2.66. The van der Waals surface area contributed by atoms with Crippen LogP contribution in [-0.2, 0) is 21.4 Å². The zero-order valence-electron chi connectivity index (χ0n) is 14.7. The van der Waals surface area contributed by atoms with E-state index >= 15 is 0 Å². The number of nitrogens with one attached hydrogen (secondary N) is 1. The van der Waals surface area contributed by atoms with Crippen molar-refractivity contribution in [1.29, 1.82) is 0 Å². The normalized spacial score (nSPS) is 12.9. The molecule has 2 rings (SSSR count). The average Bonchev–Trinajstić information content (AvgIpc) is 2.60. The van der Waals surface area contributed by atoms with Gasteiger partial charge < -0.3 is 15.2 Å². The molecular weight excluding hydrogens is 318 g/mol. The van der Waals surface area contributed by atoms with Crippen LogP contribution in [0.25, 0.3) is 0 Å². The van der Waals surface area contributed by atoms with E-state index in [2.05, 4.69) is 5.32 Å². The summed E-state index contributed by atoms with van der Waals surface area (Å²) in [6, 6.07) is 14.5. The van der Waals surface area contributed by atoms with Crippen LogP contribution in [0.3, 0.4) is 0 Å². The summed E-state index contributed by atoms with van der Waals surface area (Å²) in [5, 5.41) is 12.4. The molecule has 5 heteroatoms. The molecular formula is C20H23NO4. The van der Waals surface area contributed by atoms with Crippen LogP contribution in [0.4, 0.5) is 0 Å². The minimum absolute atomic E-state index is 0.0132. The highest BCUT2D eigenvalue weighted by atomic mass is 16.5. The summed E-state index contributed by atoms with van der Waals surface area (Å²) < 4.78 is 5.28. The van der Waals surface area contributed by atoms with Gasteiger partial charge in [-0.15, -0.1) is 0 Å². The first-order chi connectivity index (χ1) is 11.9. The van der Waals surface area contributed by atoms with Crippen molar-refractivity contribution < 1.29 is 19.4 Å². The maximum absolute atomic E-state index is 12.3. The number of carbonyl (C=O) groups is 2. The van der Waals surface area contributed by atoms with Gasteiger partial charge in [-0.3, -0.25) is 9.59 Å². The molecule has 0 radical (unpaired) electrons. The predicted octanol–water partition coefficient (Wildman–Crippen LogP) is 2.70. The van der Waals surface area contributed by atoms with Crippen LogP contribution in [0.2, 0.25) is 0 Å². The van der Waals surface area contributed by atoms with E-state index in [1.54, 1.807) is 38.3 Å². The summed E-state index contributed by atoms with van der Waals surface area (Å²) in [5.74, 6) is -0.579. The Balaban J connectivity index is 2.10. The number of hydrogen-bond donors (Lipinski definition) is 2. The summed E-state index contributed by atoms with van der Waals surface area (Å²) in [6.07, 6.45) is 0.134. The number of ether oxygens (including phenoxy) is 1. The number of amides is 1. The molecule has 0 bridgehead atoms. The minimum Gasteiger partial charge on any atom is -0.496 e. The third-order valence-corrected chi connectivity index (χ3v) is 4.31. The molecule has 0 aromatic heterocycles. The molecule has 0 fully saturated rings. The van der Waals surface area contributed by atoms with Gasteiger partial charge in [0.2, 0.25) is 5.91 Å². The fourth-order valence-electron chi connectivity index (χ4n) is 2.66. The van der Waals surface area contributed by atoms with Crippen LogP contribution in [-0.4, -0.2) is 30.6 Å². The molecule has 1 unspecified atom stereocenters. The molecule has 2 aromatic rings. The monoisotopic (exact) mass is 341 g/mol. The number of carbonyl (C=O) groups excluding carboxylic acids is 1. The van der Waals surface area contributed by atoms with E-state index in [0.717, 1.165) is 11.1 Å². The molecule has 0 aliphatic carbocycles. The lowest BCUT2D eigenvalue weighted by Gasteiger charge is -2.25. The van der Waals surface area contributed by atoms with Crippen molar-refractivity contribution in [3.8, 4) is 5.75 Å². The van der Waals surface area contributed by atoms with E-state index in [1.807, 2.05) is 31.2 Å². The van der Waals surface area contributed by atoms with Crippen molar-refractivity contribution in [2.24, 2.45) is 0 Å². The maximum atomic E-state index is 12.3. The third kappa shape index (κ3) is 4.38. The Morgan fingerprint density at radius 3 is 2.44 bits per heavy atom. The highest BCUT2D eigenvalue weighted by molar-refractivity contribution is 5.84. The highest BCUT2D eigenvalue weighted by Gasteiger charge is 2.35. The quantitative estimate of drug-likeness (QED) is 0.812. The molecule has 0 saturated carbocycles. The molecule has 2 N–H and O–H groups in total. The van der Waals surface area contributed by atoms with Crippen LogP contribution in [0, 0.1) is 6.92 Å². The van der Waals surface area contributed by atoms with Gasteiger partial charge in [-0.25, -0.2) is 0 Å². The van der Waals surface area contributed by atoms with Gasteiger partial charge in [0.1, 0.15) is 11.2 Å². The highest BCUT2D eigenvalue weighted by Crippen LogP contribution is 2.24. The van der Waals surface area contributed by atoms with Gasteiger partial charge in [-0.1, -0.05) is 48.0 Å². The Bertz CT molecular complexity index is 758. The topological polar surface area (TPSA) is 75.6 Å². The van der Waals surface area contributed by atoms with E-state index in [4.69, 9.17) is 4.74 Å². The van der Waals surface area contributed by atoms with Gasteiger partial charge >= 0.3 is 5.97 Å². The van der Waals surface area contributed by atoms with Crippen molar-refractivity contribution in [2.75, 3.05) is 13.7 Å². The molecule has 132 valence electrons. The molecule has 1 atom stereocenters. The molecule has 25 heavy (non-hydrogen) atoms. The van der Waals surface area contributed by atoms with E-state index in [-0.39, 0.29) is 18.9 Å². The lowest BCUT2D eigenvalue weighted by Crippen LogP contribution is -2.44. The van der Waals surface area contributed by atoms with E-state index in [9.17, 15) is 14.7 Å². The van der Waals surface area contributed by atoms with Crippen LogP contribution < -0.4 is 10.1 Å². The van der Waals surface area contributed by atoms with Gasteiger partial charge in [-0.2, -0.15) is 0 Å². The van der Waals surface area contributed by atoms with Crippen molar-refractivity contribution in [1.82, 2.24) is 5.32 Å². The van der Waals surface area contributed by atoms with Gasteiger partial charge in [0.15, 0.2) is 0 Å². The molecule has 0 aliphatic heterocycles. The zero-order chi connectivity index (χ0) is 18.4. The second kappa shape index (κ2) is 7.83. The van der Waals surface area contributed by atoms with Gasteiger partial charge in [0.05, 0.1) is 13.5 Å².